The number of aromatic hydroxyl groups is 1. The molecule has 176 valence electrons. The van der Waals surface area contributed by atoms with Crippen LogP contribution in [0, 0.1) is 19.7 Å². The van der Waals surface area contributed by atoms with Crippen molar-refractivity contribution in [3.05, 3.63) is 99.2 Å². The lowest BCUT2D eigenvalue weighted by atomic mass is 10.1. The largest absolute Gasteiger partial charge is 0.504 e. The predicted octanol–water partition coefficient (Wildman–Crippen LogP) is 6.47. The molecule has 0 aliphatic rings. The van der Waals surface area contributed by atoms with E-state index in [2.05, 4.69) is 4.98 Å². The number of aromatic nitrogens is 3. The molecular weight excluding hydrogens is 481 g/mol. The number of benzene rings is 2. The number of aryl methyl sites for hydroxylation is 3. The summed E-state index contributed by atoms with van der Waals surface area (Å²) < 4.78 is 15.7. The summed E-state index contributed by atoms with van der Waals surface area (Å²) in [6, 6.07) is 18.0. The number of nitrogens with zero attached hydrogens (tertiary/aromatic N) is 3. The Morgan fingerprint density at radius 1 is 0.971 bits per heavy atom. The summed E-state index contributed by atoms with van der Waals surface area (Å²) in [5.41, 5.74) is 3.01. The monoisotopic (exact) mass is 503 g/mol. The number of thiophene rings is 1. The Hall–Kier alpha value is -3.62. The van der Waals surface area contributed by atoms with Gasteiger partial charge in [0.2, 0.25) is 0 Å². The van der Waals surface area contributed by atoms with E-state index in [1.165, 1.54) is 28.0 Å². The average Bonchev–Trinajstić information content (AvgIpc) is 3.50. The second-order valence-electron chi connectivity index (χ2n) is 8.18. The van der Waals surface area contributed by atoms with Crippen molar-refractivity contribution >= 4 is 22.7 Å². The molecule has 0 bridgehead atoms. The molecule has 0 amide bonds. The first-order chi connectivity index (χ1) is 16.9. The summed E-state index contributed by atoms with van der Waals surface area (Å²) in [5.74, 6) is -1.02. The molecule has 2 aromatic carbocycles. The molecule has 8 heteroatoms. The second-order valence-corrected chi connectivity index (χ2v) is 10.1. The van der Waals surface area contributed by atoms with Gasteiger partial charge in [-0.05, 0) is 50.1 Å². The number of hydrogen-bond acceptors (Lipinski definition) is 6. The molecule has 5 rings (SSSR count). The second kappa shape index (κ2) is 9.56. The van der Waals surface area contributed by atoms with Crippen molar-refractivity contribution in [1.29, 1.82) is 0 Å². The molecule has 1 N–H and O–H groups in total. The van der Waals surface area contributed by atoms with Gasteiger partial charge in [0.1, 0.15) is 10.8 Å². The lowest BCUT2D eigenvalue weighted by molar-refractivity contribution is 0.433. The SMILES string of the molecule is Cc1csc(-c2ccc(-c3c(C)nc(-c4cccc(F)c4O)n(CCc4ccccc4)c3=O)s2)n1. The molecule has 3 heterocycles. The van der Waals surface area contributed by atoms with E-state index >= 15 is 0 Å². The fourth-order valence-electron chi connectivity index (χ4n) is 3.99. The fourth-order valence-corrected chi connectivity index (χ4v) is 5.96. The molecule has 0 spiro atoms. The standard InChI is InChI=1S/C27H22FN3O2S2/c1-16-15-34-26(29-16)22-12-11-21(35-22)23-17(2)30-25(19-9-6-10-20(28)24(19)32)31(27(23)33)14-13-18-7-4-3-5-8-18/h3-12,15,32H,13-14H2,1-2H3. The van der Waals surface area contributed by atoms with Gasteiger partial charge in [0.15, 0.2) is 11.6 Å². The molecular formula is C27H22FN3O2S2. The smallest absolute Gasteiger partial charge is 0.262 e. The van der Waals surface area contributed by atoms with Gasteiger partial charge >= 0.3 is 0 Å². The molecule has 35 heavy (non-hydrogen) atoms. The van der Waals surface area contributed by atoms with E-state index in [0.717, 1.165) is 26.0 Å². The summed E-state index contributed by atoms with van der Waals surface area (Å²) in [5, 5.41) is 13.3. The van der Waals surface area contributed by atoms with Crippen molar-refractivity contribution < 1.29 is 9.50 Å². The third kappa shape index (κ3) is 4.54. The van der Waals surface area contributed by atoms with Crippen LogP contribution in [0.15, 0.2) is 70.8 Å². The number of phenolic OH excluding ortho intramolecular Hbond substituents is 1. The van der Waals surface area contributed by atoms with Crippen LogP contribution in [0.4, 0.5) is 4.39 Å². The number of hydrogen-bond donors (Lipinski definition) is 1. The highest BCUT2D eigenvalue weighted by Gasteiger charge is 2.21. The van der Waals surface area contributed by atoms with Crippen molar-refractivity contribution in [2.24, 2.45) is 0 Å². The number of halogens is 1. The lowest BCUT2D eigenvalue weighted by Crippen LogP contribution is -2.27. The highest BCUT2D eigenvalue weighted by molar-refractivity contribution is 7.23. The van der Waals surface area contributed by atoms with Crippen molar-refractivity contribution in [1.82, 2.24) is 14.5 Å². The van der Waals surface area contributed by atoms with Crippen LogP contribution in [0.1, 0.15) is 17.0 Å². The van der Waals surface area contributed by atoms with E-state index in [4.69, 9.17) is 4.98 Å². The average molecular weight is 504 g/mol. The quantitative estimate of drug-likeness (QED) is 0.288. The molecule has 0 radical (unpaired) electrons. The molecule has 0 saturated heterocycles. The minimum atomic E-state index is -0.755. The highest BCUT2D eigenvalue weighted by atomic mass is 32.1. The number of thiazole rings is 1. The van der Waals surface area contributed by atoms with E-state index in [9.17, 15) is 14.3 Å². The van der Waals surface area contributed by atoms with Crippen molar-refractivity contribution in [3.8, 4) is 37.5 Å². The summed E-state index contributed by atoms with van der Waals surface area (Å²) in [6.07, 6.45) is 0.585. The van der Waals surface area contributed by atoms with Crippen LogP contribution >= 0.6 is 22.7 Å². The molecule has 0 saturated carbocycles. The number of para-hydroxylation sites is 1. The molecule has 0 aliphatic carbocycles. The maximum atomic E-state index is 14.2. The van der Waals surface area contributed by atoms with Crippen LogP contribution in [0.25, 0.3) is 31.7 Å². The maximum Gasteiger partial charge on any atom is 0.262 e. The normalized spacial score (nSPS) is 11.2. The van der Waals surface area contributed by atoms with Crippen LogP contribution in [0.5, 0.6) is 5.75 Å². The summed E-state index contributed by atoms with van der Waals surface area (Å²) in [7, 11) is 0. The summed E-state index contributed by atoms with van der Waals surface area (Å²) in [4.78, 5) is 24.9. The maximum absolute atomic E-state index is 14.2. The van der Waals surface area contributed by atoms with Crippen LogP contribution in [0.3, 0.4) is 0 Å². The third-order valence-electron chi connectivity index (χ3n) is 5.73. The Kier molecular flexibility index (Phi) is 6.32. The van der Waals surface area contributed by atoms with Crippen molar-refractivity contribution in [2.75, 3.05) is 0 Å². The zero-order valence-electron chi connectivity index (χ0n) is 19.2. The van der Waals surface area contributed by atoms with Crippen molar-refractivity contribution in [3.63, 3.8) is 0 Å². The molecule has 0 atom stereocenters. The van der Waals surface area contributed by atoms with Gasteiger partial charge in [0.25, 0.3) is 5.56 Å². The van der Waals surface area contributed by atoms with Crippen LogP contribution < -0.4 is 5.56 Å². The van der Waals surface area contributed by atoms with E-state index in [-0.39, 0.29) is 16.9 Å². The summed E-state index contributed by atoms with van der Waals surface area (Å²) in [6.45, 7) is 4.05. The Bertz CT molecular complexity index is 1570. The van der Waals surface area contributed by atoms with Crippen LogP contribution in [-0.4, -0.2) is 19.6 Å². The molecule has 0 unspecified atom stereocenters. The minimum Gasteiger partial charge on any atom is -0.504 e. The molecule has 3 aromatic heterocycles. The van der Waals surface area contributed by atoms with Crippen LogP contribution in [-0.2, 0) is 13.0 Å². The van der Waals surface area contributed by atoms with Gasteiger partial charge in [-0.3, -0.25) is 9.36 Å². The van der Waals surface area contributed by atoms with E-state index in [1.54, 1.807) is 24.3 Å². The first kappa shape index (κ1) is 23.1. The first-order valence-electron chi connectivity index (χ1n) is 11.1. The first-order valence-corrected chi connectivity index (χ1v) is 12.8. The van der Waals surface area contributed by atoms with Gasteiger partial charge in [-0.25, -0.2) is 14.4 Å². The van der Waals surface area contributed by atoms with Gasteiger partial charge in [0, 0.05) is 22.5 Å². The minimum absolute atomic E-state index is 0.190. The molecule has 0 aliphatic heterocycles. The number of rotatable bonds is 6. The fraction of sp³-hybridized carbons (Fsp3) is 0.148. The van der Waals surface area contributed by atoms with E-state index in [0.29, 0.717) is 24.2 Å². The molecule has 5 aromatic rings. The van der Waals surface area contributed by atoms with Gasteiger partial charge in [-0.15, -0.1) is 22.7 Å². The van der Waals surface area contributed by atoms with Gasteiger partial charge in [-0.1, -0.05) is 36.4 Å². The van der Waals surface area contributed by atoms with Crippen molar-refractivity contribution in [2.45, 2.75) is 26.8 Å². The van der Waals surface area contributed by atoms with E-state index < -0.39 is 11.6 Å². The Balaban J connectivity index is 1.65. The Labute approximate surface area is 209 Å². The Morgan fingerprint density at radius 3 is 2.49 bits per heavy atom. The van der Waals surface area contributed by atoms with E-state index in [1.807, 2.05) is 54.8 Å². The third-order valence-corrected chi connectivity index (χ3v) is 7.96. The molecule has 0 fully saturated rings. The molecule has 5 nitrogen and oxygen atoms in total. The number of phenols is 1. The van der Waals surface area contributed by atoms with Gasteiger partial charge < -0.3 is 5.11 Å². The van der Waals surface area contributed by atoms with Gasteiger partial charge in [-0.2, -0.15) is 0 Å². The zero-order chi connectivity index (χ0) is 24.5. The highest BCUT2D eigenvalue weighted by Crippen LogP contribution is 2.37. The van der Waals surface area contributed by atoms with Crippen LogP contribution in [0.2, 0.25) is 0 Å². The topological polar surface area (TPSA) is 68.0 Å². The lowest BCUT2D eigenvalue weighted by Gasteiger charge is -2.16. The summed E-state index contributed by atoms with van der Waals surface area (Å²) >= 11 is 3.06. The zero-order valence-corrected chi connectivity index (χ0v) is 20.8. The predicted molar refractivity (Wildman–Crippen MR) is 140 cm³/mol. The Morgan fingerprint density at radius 2 is 1.74 bits per heavy atom. The van der Waals surface area contributed by atoms with Gasteiger partial charge in [0.05, 0.1) is 21.7 Å².